The summed E-state index contributed by atoms with van der Waals surface area (Å²) in [5, 5.41) is 0. The largest absolute Gasteiger partial charge is 0.326 e. The molecule has 0 bridgehead atoms. The number of nitrogens with zero attached hydrogens (tertiary/aromatic N) is 1. The van der Waals surface area contributed by atoms with Crippen LogP contribution in [-0.4, -0.2) is 25.8 Å². The number of thiophene rings is 1. The minimum atomic E-state index is -3.40. The second-order valence-corrected chi connectivity index (χ2v) is 8.87. The molecule has 0 spiro atoms. The highest BCUT2D eigenvalue weighted by atomic mass is 32.2. The third-order valence-corrected chi connectivity index (χ3v) is 7.53. The molecule has 0 aliphatic carbocycles. The molecule has 0 unspecified atom stereocenters. The number of piperidine rings is 1. The van der Waals surface area contributed by atoms with Crippen molar-refractivity contribution in [2.45, 2.75) is 29.5 Å². The van der Waals surface area contributed by atoms with Gasteiger partial charge in [-0.15, -0.1) is 11.3 Å². The first-order chi connectivity index (χ1) is 10.6. The van der Waals surface area contributed by atoms with Crippen LogP contribution in [-0.2, 0) is 16.6 Å². The summed E-state index contributed by atoms with van der Waals surface area (Å²) in [4.78, 5) is 0.898. The van der Waals surface area contributed by atoms with Crippen LogP contribution < -0.4 is 5.73 Å². The van der Waals surface area contributed by atoms with E-state index < -0.39 is 10.0 Å². The van der Waals surface area contributed by atoms with Crippen LogP contribution in [0.3, 0.4) is 0 Å². The van der Waals surface area contributed by atoms with E-state index in [9.17, 15) is 8.42 Å². The van der Waals surface area contributed by atoms with Gasteiger partial charge in [0.25, 0.3) is 10.0 Å². The van der Waals surface area contributed by atoms with Crippen molar-refractivity contribution in [1.29, 1.82) is 0 Å². The topological polar surface area (TPSA) is 63.4 Å². The van der Waals surface area contributed by atoms with Gasteiger partial charge in [-0.3, -0.25) is 0 Å². The summed E-state index contributed by atoms with van der Waals surface area (Å²) in [6.07, 6.45) is 1.93. The van der Waals surface area contributed by atoms with Crippen LogP contribution in [0, 0.1) is 0 Å². The van der Waals surface area contributed by atoms with E-state index >= 15 is 0 Å². The SMILES string of the molecule is NCc1ccc(S(=O)(=O)N2CCC[C@H](c3ccccc3)C2)s1. The lowest BCUT2D eigenvalue weighted by Crippen LogP contribution is -2.38. The van der Waals surface area contributed by atoms with Gasteiger partial charge in [0.15, 0.2) is 0 Å². The molecule has 2 aromatic rings. The molecule has 22 heavy (non-hydrogen) atoms. The highest BCUT2D eigenvalue weighted by Gasteiger charge is 2.31. The van der Waals surface area contributed by atoms with Crippen molar-refractivity contribution >= 4 is 21.4 Å². The lowest BCUT2D eigenvalue weighted by Gasteiger charge is -2.31. The number of benzene rings is 1. The summed E-state index contributed by atoms with van der Waals surface area (Å²) < 4.78 is 27.6. The highest BCUT2D eigenvalue weighted by molar-refractivity contribution is 7.91. The van der Waals surface area contributed by atoms with E-state index in [1.165, 1.54) is 16.9 Å². The minimum Gasteiger partial charge on any atom is -0.326 e. The summed E-state index contributed by atoms with van der Waals surface area (Å²) in [6, 6.07) is 13.6. The maximum absolute atomic E-state index is 12.8. The van der Waals surface area contributed by atoms with Gasteiger partial charge in [-0.05, 0) is 36.5 Å². The van der Waals surface area contributed by atoms with Crippen LogP contribution in [0.2, 0.25) is 0 Å². The second kappa shape index (κ2) is 6.50. The first-order valence-corrected chi connectivity index (χ1v) is 9.71. The van der Waals surface area contributed by atoms with Crippen molar-refractivity contribution in [2.24, 2.45) is 5.73 Å². The zero-order chi connectivity index (χ0) is 15.6. The predicted molar refractivity (Wildman–Crippen MR) is 89.4 cm³/mol. The molecular weight excluding hydrogens is 316 g/mol. The minimum absolute atomic E-state index is 0.277. The molecule has 1 aromatic heterocycles. The molecule has 1 aliphatic heterocycles. The lowest BCUT2D eigenvalue weighted by atomic mass is 9.92. The lowest BCUT2D eigenvalue weighted by molar-refractivity contribution is 0.316. The van der Waals surface area contributed by atoms with Gasteiger partial charge < -0.3 is 5.73 Å². The van der Waals surface area contributed by atoms with Gasteiger partial charge in [0, 0.05) is 24.5 Å². The molecule has 1 fully saturated rings. The number of rotatable bonds is 4. The van der Waals surface area contributed by atoms with Crippen LogP contribution in [0.1, 0.15) is 29.2 Å². The van der Waals surface area contributed by atoms with Gasteiger partial charge in [0.05, 0.1) is 0 Å². The molecule has 1 saturated heterocycles. The van der Waals surface area contributed by atoms with Crippen LogP contribution in [0.4, 0.5) is 0 Å². The Labute approximate surface area is 135 Å². The summed E-state index contributed by atoms with van der Waals surface area (Å²) in [5.74, 6) is 0.277. The summed E-state index contributed by atoms with van der Waals surface area (Å²) in [5.41, 5.74) is 6.80. The Hall–Kier alpha value is -1.21. The van der Waals surface area contributed by atoms with E-state index in [0.29, 0.717) is 23.8 Å². The van der Waals surface area contributed by atoms with Crippen molar-refractivity contribution < 1.29 is 8.42 Å². The molecule has 4 nitrogen and oxygen atoms in total. The fraction of sp³-hybridized carbons (Fsp3) is 0.375. The number of hydrogen-bond donors (Lipinski definition) is 1. The zero-order valence-electron chi connectivity index (χ0n) is 12.3. The Morgan fingerprint density at radius 1 is 1.18 bits per heavy atom. The fourth-order valence-electron chi connectivity index (χ4n) is 2.89. The Morgan fingerprint density at radius 2 is 1.95 bits per heavy atom. The van der Waals surface area contributed by atoms with Gasteiger partial charge in [-0.25, -0.2) is 8.42 Å². The molecule has 0 saturated carbocycles. The number of sulfonamides is 1. The van der Waals surface area contributed by atoms with Gasteiger partial charge in [0.2, 0.25) is 0 Å². The van der Waals surface area contributed by atoms with E-state index in [-0.39, 0.29) is 5.92 Å². The monoisotopic (exact) mass is 336 g/mol. The van der Waals surface area contributed by atoms with Crippen LogP contribution in [0.25, 0.3) is 0 Å². The van der Waals surface area contributed by atoms with E-state index in [0.717, 1.165) is 17.7 Å². The second-order valence-electron chi connectivity index (χ2n) is 5.54. The van der Waals surface area contributed by atoms with Gasteiger partial charge in [-0.1, -0.05) is 30.3 Å². The molecular formula is C16H20N2O2S2. The van der Waals surface area contributed by atoms with Crippen molar-refractivity contribution in [1.82, 2.24) is 4.31 Å². The Bertz CT molecular complexity index is 726. The summed E-state index contributed by atoms with van der Waals surface area (Å²) >= 11 is 1.28. The van der Waals surface area contributed by atoms with Crippen molar-refractivity contribution in [3.63, 3.8) is 0 Å². The maximum Gasteiger partial charge on any atom is 0.252 e. The van der Waals surface area contributed by atoms with E-state index in [1.54, 1.807) is 16.4 Å². The maximum atomic E-state index is 12.8. The summed E-state index contributed by atoms with van der Waals surface area (Å²) in [6.45, 7) is 1.54. The fourth-order valence-corrected chi connectivity index (χ4v) is 5.80. The third-order valence-electron chi connectivity index (χ3n) is 4.09. The van der Waals surface area contributed by atoms with Crippen molar-refractivity contribution in [3.05, 3.63) is 52.9 Å². The number of hydrogen-bond acceptors (Lipinski definition) is 4. The number of nitrogens with two attached hydrogens (primary N) is 1. The zero-order valence-corrected chi connectivity index (χ0v) is 13.9. The van der Waals surface area contributed by atoms with Gasteiger partial charge >= 0.3 is 0 Å². The Morgan fingerprint density at radius 3 is 2.64 bits per heavy atom. The van der Waals surface area contributed by atoms with Crippen LogP contribution >= 0.6 is 11.3 Å². The molecule has 2 N–H and O–H groups in total. The summed E-state index contributed by atoms with van der Waals surface area (Å²) in [7, 11) is -3.40. The average molecular weight is 336 g/mol. The van der Waals surface area contributed by atoms with Gasteiger partial charge in [-0.2, -0.15) is 4.31 Å². The normalized spacial score (nSPS) is 20.1. The molecule has 1 atom stereocenters. The Kier molecular flexibility index (Phi) is 4.63. The first kappa shape index (κ1) is 15.7. The Balaban J connectivity index is 1.82. The average Bonchev–Trinajstić information content (AvgIpc) is 3.06. The van der Waals surface area contributed by atoms with Crippen LogP contribution in [0.15, 0.2) is 46.7 Å². The molecule has 0 amide bonds. The van der Waals surface area contributed by atoms with E-state index in [1.807, 2.05) is 18.2 Å². The van der Waals surface area contributed by atoms with Crippen molar-refractivity contribution in [3.8, 4) is 0 Å². The molecule has 118 valence electrons. The highest BCUT2D eigenvalue weighted by Crippen LogP contribution is 2.32. The van der Waals surface area contributed by atoms with Crippen molar-refractivity contribution in [2.75, 3.05) is 13.1 Å². The first-order valence-electron chi connectivity index (χ1n) is 7.45. The molecule has 1 aromatic carbocycles. The molecule has 6 heteroatoms. The van der Waals surface area contributed by atoms with Gasteiger partial charge in [0.1, 0.15) is 4.21 Å². The third kappa shape index (κ3) is 3.10. The smallest absolute Gasteiger partial charge is 0.252 e. The molecule has 2 heterocycles. The predicted octanol–water partition coefficient (Wildman–Crippen LogP) is 2.78. The molecule has 3 rings (SSSR count). The van der Waals surface area contributed by atoms with Crippen LogP contribution in [0.5, 0.6) is 0 Å². The van der Waals surface area contributed by atoms with E-state index in [4.69, 9.17) is 5.73 Å². The standard InChI is InChI=1S/C16H20N2O2S2/c17-11-15-8-9-16(21-15)22(19,20)18-10-4-7-14(12-18)13-5-2-1-3-6-13/h1-3,5-6,8-9,14H,4,7,10-12,17H2/t14-/m0/s1. The quantitative estimate of drug-likeness (QED) is 0.934. The van der Waals surface area contributed by atoms with E-state index in [2.05, 4.69) is 12.1 Å². The molecule has 1 aliphatic rings. The molecule has 0 radical (unpaired) electrons.